The molecule has 180 valence electrons. The fourth-order valence-corrected chi connectivity index (χ4v) is 3.47. The van der Waals surface area contributed by atoms with Crippen LogP contribution in [0, 0.1) is 11.6 Å². The third-order valence-electron chi connectivity index (χ3n) is 5.28. The van der Waals surface area contributed by atoms with Crippen LogP contribution in [-0.4, -0.2) is 35.1 Å². The zero-order valence-corrected chi connectivity index (χ0v) is 19.2. The van der Waals surface area contributed by atoms with Crippen LogP contribution in [0.15, 0.2) is 42.7 Å². The van der Waals surface area contributed by atoms with Crippen LogP contribution in [0.4, 0.5) is 26.1 Å². The fraction of sp³-hybridized carbons (Fsp3) is 0.292. The summed E-state index contributed by atoms with van der Waals surface area (Å²) in [5, 5.41) is 5.96. The highest BCUT2D eigenvalue weighted by molar-refractivity contribution is 5.98. The van der Waals surface area contributed by atoms with Crippen LogP contribution in [0.2, 0.25) is 0 Å². The maximum absolute atomic E-state index is 14.7. The Morgan fingerprint density at radius 3 is 2.56 bits per heavy atom. The summed E-state index contributed by atoms with van der Waals surface area (Å²) in [6.45, 7) is 3.81. The number of halogens is 2. The van der Waals surface area contributed by atoms with Crippen molar-refractivity contribution in [1.29, 1.82) is 0 Å². The van der Waals surface area contributed by atoms with Crippen molar-refractivity contribution in [2.45, 2.75) is 38.8 Å². The van der Waals surface area contributed by atoms with Crippen molar-refractivity contribution < 1.29 is 18.3 Å². The number of benzene rings is 1. The van der Waals surface area contributed by atoms with Gasteiger partial charge in [-0.15, -0.1) is 0 Å². The third-order valence-corrected chi connectivity index (χ3v) is 5.28. The van der Waals surface area contributed by atoms with E-state index in [2.05, 4.69) is 20.6 Å². The minimum atomic E-state index is -0.860. The van der Waals surface area contributed by atoms with Gasteiger partial charge >= 0.3 is 0 Å². The predicted molar refractivity (Wildman–Crippen MR) is 128 cm³/mol. The highest BCUT2D eigenvalue weighted by Gasteiger charge is 2.20. The molecule has 0 fully saturated rings. The number of rotatable bonds is 10. The SMILES string of the molecule is CCC[C@@H](Nc1nc(Nc2cncc(-c3cc(OC)ccc3F)c2)c(C(N)=O)cc1F)[C@H](C)N. The molecular weight excluding hydrogens is 442 g/mol. The summed E-state index contributed by atoms with van der Waals surface area (Å²) in [4.78, 5) is 20.4. The first-order valence-electron chi connectivity index (χ1n) is 10.8. The first-order valence-corrected chi connectivity index (χ1v) is 10.8. The number of methoxy groups -OCH3 is 1. The number of amides is 1. The van der Waals surface area contributed by atoms with Crippen molar-refractivity contribution in [3.63, 3.8) is 0 Å². The summed E-state index contributed by atoms with van der Waals surface area (Å²) in [5.41, 5.74) is 12.5. The van der Waals surface area contributed by atoms with Gasteiger partial charge in [-0.05, 0) is 43.7 Å². The highest BCUT2D eigenvalue weighted by Crippen LogP contribution is 2.30. The summed E-state index contributed by atoms with van der Waals surface area (Å²) in [7, 11) is 1.49. The molecule has 34 heavy (non-hydrogen) atoms. The van der Waals surface area contributed by atoms with Crippen LogP contribution in [0.1, 0.15) is 37.0 Å². The van der Waals surface area contributed by atoms with Crippen LogP contribution in [0.25, 0.3) is 11.1 Å². The van der Waals surface area contributed by atoms with Crippen LogP contribution in [0.5, 0.6) is 5.75 Å². The number of aromatic nitrogens is 2. The number of ether oxygens (including phenoxy) is 1. The van der Waals surface area contributed by atoms with Gasteiger partial charge < -0.3 is 26.8 Å². The normalized spacial score (nSPS) is 12.6. The van der Waals surface area contributed by atoms with Gasteiger partial charge in [0.25, 0.3) is 5.91 Å². The van der Waals surface area contributed by atoms with E-state index in [1.54, 1.807) is 12.1 Å². The van der Waals surface area contributed by atoms with E-state index in [4.69, 9.17) is 16.2 Å². The molecule has 10 heteroatoms. The summed E-state index contributed by atoms with van der Waals surface area (Å²) in [6, 6.07) is 6.51. The molecule has 3 rings (SSSR count). The average molecular weight is 471 g/mol. The molecule has 3 aromatic rings. The standard InChI is InChI=1S/C24H28F2N6O2/c1-4-5-21(13(2)27)31-24-20(26)10-18(22(28)33)23(32-24)30-15-8-14(11-29-12-15)17-9-16(34-3)6-7-19(17)25/h6-13,21H,4-5,27H2,1-3H3,(H2,28,33)(H2,30,31,32)/t13-,21+/m0/s1. The topological polar surface area (TPSA) is 128 Å². The number of primary amides is 1. The Kier molecular flexibility index (Phi) is 7.95. The van der Waals surface area contributed by atoms with Gasteiger partial charge in [0.05, 0.1) is 24.6 Å². The fourth-order valence-electron chi connectivity index (χ4n) is 3.47. The van der Waals surface area contributed by atoms with E-state index in [1.807, 2.05) is 13.8 Å². The van der Waals surface area contributed by atoms with E-state index >= 15 is 0 Å². The van der Waals surface area contributed by atoms with Crippen molar-refractivity contribution >= 4 is 23.2 Å². The Labute approximate surface area is 196 Å². The van der Waals surface area contributed by atoms with E-state index < -0.39 is 17.5 Å². The van der Waals surface area contributed by atoms with Gasteiger partial charge in [0.2, 0.25) is 0 Å². The van der Waals surface area contributed by atoms with E-state index in [-0.39, 0.29) is 34.8 Å². The third kappa shape index (κ3) is 5.76. The lowest BCUT2D eigenvalue weighted by atomic mass is 10.1. The molecule has 0 aliphatic carbocycles. The van der Waals surface area contributed by atoms with Crippen molar-refractivity contribution in [3.8, 4) is 16.9 Å². The summed E-state index contributed by atoms with van der Waals surface area (Å²) in [5.74, 6) is -1.60. The number of hydrogen-bond acceptors (Lipinski definition) is 7. The molecule has 0 saturated heterocycles. The van der Waals surface area contributed by atoms with Gasteiger partial charge in [-0.3, -0.25) is 9.78 Å². The molecule has 1 amide bonds. The molecule has 2 atom stereocenters. The Hall–Kier alpha value is -3.79. The van der Waals surface area contributed by atoms with Crippen molar-refractivity contribution in [1.82, 2.24) is 9.97 Å². The van der Waals surface area contributed by atoms with Crippen LogP contribution >= 0.6 is 0 Å². The second-order valence-corrected chi connectivity index (χ2v) is 7.91. The van der Waals surface area contributed by atoms with Crippen LogP contribution < -0.4 is 26.8 Å². The molecule has 8 nitrogen and oxygen atoms in total. The molecule has 0 bridgehead atoms. The molecule has 2 heterocycles. The maximum Gasteiger partial charge on any atom is 0.252 e. The summed E-state index contributed by atoms with van der Waals surface area (Å²) >= 11 is 0. The monoisotopic (exact) mass is 470 g/mol. The Morgan fingerprint density at radius 2 is 1.91 bits per heavy atom. The van der Waals surface area contributed by atoms with Gasteiger partial charge in [0.15, 0.2) is 11.6 Å². The number of anilines is 3. The summed E-state index contributed by atoms with van der Waals surface area (Å²) < 4.78 is 34.3. The molecule has 0 spiro atoms. The largest absolute Gasteiger partial charge is 0.497 e. The average Bonchev–Trinajstić information content (AvgIpc) is 2.80. The van der Waals surface area contributed by atoms with E-state index in [0.717, 1.165) is 12.5 Å². The Morgan fingerprint density at radius 1 is 1.15 bits per heavy atom. The number of hydrogen-bond donors (Lipinski definition) is 4. The zero-order chi connectivity index (χ0) is 24.8. The summed E-state index contributed by atoms with van der Waals surface area (Å²) in [6.07, 6.45) is 4.50. The predicted octanol–water partition coefficient (Wildman–Crippen LogP) is 4.20. The molecule has 1 aromatic carbocycles. The smallest absolute Gasteiger partial charge is 0.252 e. The quantitative estimate of drug-likeness (QED) is 0.350. The van der Waals surface area contributed by atoms with Crippen molar-refractivity contribution in [2.24, 2.45) is 11.5 Å². The number of nitrogens with two attached hydrogens (primary N) is 2. The van der Waals surface area contributed by atoms with Gasteiger partial charge in [-0.1, -0.05) is 13.3 Å². The molecule has 0 radical (unpaired) electrons. The number of pyridine rings is 2. The second-order valence-electron chi connectivity index (χ2n) is 7.91. The number of nitrogens with zero attached hydrogens (tertiary/aromatic N) is 2. The minimum Gasteiger partial charge on any atom is -0.497 e. The van der Waals surface area contributed by atoms with Gasteiger partial charge in [-0.2, -0.15) is 0 Å². The maximum atomic E-state index is 14.7. The molecule has 6 N–H and O–H groups in total. The second kappa shape index (κ2) is 10.9. The molecule has 0 unspecified atom stereocenters. The van der Waals surface area contributed by atoms with Crippen molar-refractivity contribution in [2.75, 3.05) is 17.7 Å². The van der Waals surface area contributed by atoms with Gasteiger partial charge in [-0.25, -0.2) is 13.8 Å². The van der Waals surface area contributed by atoms with Gasteiger partial charge in [0, 0.05) is 29.4 Å². The van der Waals surface area contributed by atoms with E-state index in [0.29, 0.717) is 23.4 Å². The first-order chi connectivity index (χ1) is 16.2. The highest BCUT2D eigenvalue weighted by atomic mass is 19.1. The lowest BCUT2D eigenvalue weighted by molar-refractivity contribution is 0.100. The molecule has 0 aliphatic rings. The molecule has 2 aromatic heterocycles. The van der Waals surface area contributed by atoms with Crippen LogP contribution in [-0.2, 0) is 0 Å². The molecule has 0 saturated carbocycles. The Balaban J connectivity index is 1.99. The minimum absolute atomic E-state index is 0.0291. The molecular formula is C24H28F2N6O2. The zero-order valence-electron chi connectivity index (χ0n) is 19.2. The first kappa shape index (κ1) is 24.8. The van der Waals surface area contributed by atoms with Crippen molar-refractivity contribution in [3.05, 3.63) is 59.9 Å². The Bertz CT molecular complexity index is 1170. The molecule has 0 aliphatic heterocycles. The van der Waals surface area contributed by atoms with E-state index in [1.165, 1.54) is 31.6 Å². The number of nitrogens with one attached hydrogen (secondary N) is 2. The lowest BCUT2D eigenvalue weighted by Crippen LogP contribution is -2.38. The van der Waals surface area contributed by atoms with Gasteiger partial charge in [0.1, 0.15) is 17.4 Å². The number of carbonyl (C=O) groups is 1. The lowest BCUT2D eigenvalue weighted by Gasteiger charge is -2.23. The number of carbonyl (C=O) groups excluding carboxylic acids is 1. The van der Waals surface area contributed by atoms with Crippen LogP contribution in [0.3, 0.4) is 0 Å². The van der Waals surface area contributed by atoms with E-state index in [9.17, 15) is 13.6 Å².